The Labute approximate surface area is 126 Å². The molecule has 1 heterocycles. The Balaban J connectivity index is 2.03. The summed E-state index contributed by atoms with van der Waals surface area (Å²) < 4.78 is 19.0. The summed E-state index contributed by atoms with van der Waals surface area (Å²) in [6.07, 6.45) is 3.06. The van der Waals surface area contributed by atoms with Gasteiger partial charge in [-0.25, -0.2) is 4.39 Å². The molecule has 1 amide bonds. The predicted octanol–water partition coefficient (Wildman–Crippen LogP) is 3.55. The van der Waals surface area contributed by atoms with Gasteiger partial charge in [0.05, 0.1) is 6.04 Å². The molecule has 0 aromatic heterocycles. The van der Waals surface area contributed by atoms with Gasteiger partial charge in [0.2, 0.25) is 5.91 Å². The summed E-state index contributed by atoms with van der Waals surface area (Å²) in [5, 5.41) is 0. The Morgan fingerprint density at radius 3 is 2.86 bits per heavy atom. The monoisotopic (exact) mass is 293 g/mol. The van der Waals surface area contributed by atoms with Crippen molar-refractivity contribution in [3.63, 3.8) is 0 Å². The minimum Gasteiger partial charge on any atom is -0.385 e. The molecule has 116 valence electrons. The van der Waals surface area contributed by atoms with Crippen LogP contribution in [0, 0.1) is 11.7 Å². The Hall–Kier alpha value is -1.42. The molecule has 3 nitrogen and oxygen atoms in total. The standard InChI is InChI=1S/C17H24FNO2/c1-13-11-16(14-7-3-4-8-15(14)18)19(12-13)17(20)9-5-6-10-21-2/h3-4,7-8,13,16H,5-6,9-12H2,1-2H3/t13-,16+/m1/s1. The van der Waals surface area contributed by atoms with Crippen molar-refractivity contribution in [2.24, 2.45) is 5.92 Å². The van der Waals surface area contributed by atoms with Crippen LogP contribution < -0.4 is 0 Å². The number of hydrogen-bond acceptors (Lipinski definition) is 2. The van der Waals surface area contributed by atoms with Crippen LogP contribution in [0.3, 0.4) is 0 Å². The van der Waals surface area contributed by atoms with Gasteiger partial charge in [-0.1, -0.05) is 25.1 Å². The van der Waals surface area contributed by atoms with Crippen LogP contribution >= 0.6 is 0 Å². The highest BCUT2D eigenvalue weighted by molar-refractivity contribution is 5.77. The lowest BCUT2D eigenvalue weighted by atomic mass is 10.0. The van der Waals surface area contributed by atoms with E-state index < -0.39 is 0 Å². The number of carbonyl (C=O) groups is 1. The second kappa shape index (κ2) is 7.55. The van der Waals surface area contributed by atoms with E-state index >= 15 is 0 Å². The molecule has 0 N–H and O–H groups in total. The molecule has 0 aliphatic carbocycles. The molecular formula is C17H24FNO2. The molecule has 0 bridgehead atoms. The highest BCUT2D eigenvalue weighted by Crippen LogP contribution is 2.36. The number of rotatable bonds is 6. The van der Waals surface area contributed by atoms with Crippen LogP contribution in [-0.4, -0.2) is 31.1 Å². The van der Waals surface area contributed by atoms with Gasteiger partial charge in [-0.2, -0.15) is 0 Å². The summed E-state index contributed by atoms with van der Waals surface area (Å²) in [5.41, 5.74) is 0.645. The zero-order valence-electron chi connectivity index (χ0n) is 12.8. The average molecular weight is 293 g/mol. The van der Waals surface area contributed by atoms with Gasteiger partial charge in [0.25, 0.3) is 0 Å². The summed E-state index contributed by atoms with van der Waals surface area (Å²) >= 11 is 0. The number of carbonyl (C=O) groups excluding carboxylic acids is 1. The molecule has 1 aliphatic heterocycles. The van der Waals surface area contributed by atoms with Gasteiger partial charge in [-0.3, -0.25) is 4.79 Å². The molecule has 1 aliphatic rings. The Morgan fingerprint density at radius 2 is 2.14 bits per heavy atom. The average Bonchev–Trinajstić information content (AvgIpc) is 2.86. The fraction of sp³-hybridized carbons (Fsp3) is 0.588. The molecule has 0 radical (unpaired) electrons. The maximum atomic E-state index is 14.0. The van der Waals surface area contributed by atoms with E-state index in [4.69, 9.17) is 4.74 Å². The maximum absolute atomic E-state index is 14.0. The first kappa shape index (κ1) is 16.0. The molecule has 0 spiro atoms. The van der Waals surface area contributed by atoms with Crippen molar-refractivity contribution < 1.29 is 13.9 Å². The topological polar surface area (TPSA) is 29.5 Å². The number of nitrogens with zero attached hydrogens (tertiary/aromatic N) is 1. The Kier molecular flexibility index (Phi) is 5.74. The predicted molar refractivity (Wildman–Crippen MR) is 80.4 cm³/mol. The number of unbranched alkanes of at least 4 members (excludes halogenated alkanes) is 1. The van der Waals surface area contributed by atoms with Crippen LogP contribution in [0.5, 0.6) is 0 Å². The number of halogens is 1. The summed E-state index contributed by atoms with van der Waals surface area (Å²) in [6.45, 7) is 3.52. The Morgan fingerprint density at radius 1 is 1.38 bits per heavy atom. The lowest BCUT2D eigenvalue weighted by Gasteiger charge is -2.25. The molecule has 1 fully saturated rings. The van der Waals surface area contributed by atoms with Crippen molar-refractivity contribution >= 4 is 5.91 Å². The van der Waals surface area contributed by atoms with Crippen molar-refractivity contribution in [1.29, 1.82) is 0 Å². The zero-order chi connectivity index (χ0) is 15.2. The maximum Gasteiger partial charge on any atom is 0.223 e. The van der Waals surface area contributed by atoms with Gasteiger partial charge in [-0.05, 0) is 31.2 Å². The molecule has 4 heteroatoms. The normalized spacial score (nSPS) is 21.8. The lowest BCUT2D eigenvalue weighted by molar-refractivity contribution is -0.132. The van der Waals surface area contributed by atoms with Gasteiger partial charge in [-0.15, -0.1) is 0 Å². The molecule has 2 atom stereocenters. The van der Waals surface area contributed by atoms with Crippen LogP contribution in [0.2, 0.25) is 0 Å². The Bertz CT molecular complexity index is 478. The second-order valence-electron chi connectivity index (χ2n) is 5.87. The van der Waals surface area contributed by atoms with Crippen molar-refractivity contribution in [3.8, 4) is 0 Å². The third-order valence-corrected chi connectivity index (χ3v) is 4.08. The zero-order valence-corrected chi connectivity index (χ0v) is 12.8. The second-order valence-corrected chi connectivity index (χ2v) is 5.87. The molecule has 1 aromatic carbocycles. The molecule has 21 heavy (non-hydrogen) atoms. The van der Waals surface area contributed by atoms with E-state index in [-0.39, 0.29) is 17.8 Å². The fourth-order valence-corrected chi connectivity index (χ4v) is 3.03. The number of ether oxygens (including phenoxy) is 1. The fourth-order valence-electron chi connectivity index (χ4n) is 3.03. The molecule has 0 saturated carbocycles. The van der Waals surface area contributed by atoms with E-state index in [2.05, 4.69) is 6.92 Å². The van der Waals surface area contributed by atoms with Crippen molar-refractivity contribution in [3.05, 3.63) is 35.6 Å². The summed E-state index contributed by atoms with van der Waals surface area (Å²) in [7, 11) is 1.66. The van der Waals surface area contributed by atoms with Crippen LogP contribution in [0.15, 0.2) is 24.3 Å². The minimum absolute atomic E-state index is 0.115. The van der Waals surface area contributed by atoms with E-state index in [1.54, 1.807) is 19.2 Å². The number of likely N-dealkylation sites (tertiary alicyclic amines) is 1. The van der Waals surface area contributed by atoms with Crippen LogP contribution in [0.4, 0.5) is 4.39 Å². The third-order valence-electron chi connectivity index (χ3n) is 4.08. The van der Waals surface area contributed by atoms with Gasteiger partial charge in [0, 0.05) is 32.2 Å². The van der Waals surface area contributed by atoms with Crippen LogP contribution in [0.1, 0.15) is 44.2 Å². The van der Waals surface area contributed by atoms with Gasteiger partial charge < -0.3 is 9.64 Å². The van der Waals surface area contributed by atoms with Crippen molar-refractivity contribution in [1.82, 2.24) is 4.90 Å². The number of amides is 1. The lowest BCUT2D eigenvalue weighted by Crippen LogP contribution is -2.31. The van der Waals surface area contributed by atoms with E-state index in [9.17, 15) is 9.18 Å². The van der Waals surface area contributed by atoms with Crippen molar-refractivity contribution in [2.45, 2.75) is 38.6 Å². The van der Waals surface area contributed by atoms with Crippen LogP contribution in [0.25, 0.3) is 0 Å². The van der Waals surface area contributed by atoms with Gasteiger partial charge in [0.15, 0.2) is 0 Å². The first-order valence-electron chi connectivity index (χ1n) is 7.66. The largest absolute Gasteiger partial charge is 0.385 e. The molecule has 0 unspecified atom stereocenters. The SMILES string of the molecule is COCCCCC(=O)N1C[C@H](C)C[C@H]1c1ccccc1F. The van der Waals surface area contributed by atoms with Gasteiger partial charge >= 0.3 is 0 Å². The molecule has 1 aromatic rings. The molecule has 2 rings (SSSR count). The number of methoxy groups -OCH3 is 1. The quantitative estimate of drug-likeness (QED) is 0.751. The highest BCUT2D eigenvalue weighted by Gasteiger charge is 2.34. The van der Waals surface area contributed by atoms with E-state index in [0.717, 1.165) is 25.8 Å². The van der Waals surface area contributed by atoms with E-state index in [0.29, 0.717) is 24.5 Å². The first-order chi connectivity index (χ1) is 10.1. The van der Waals surface area contributed by atoms with Gasteiger partial charge in [0.1, 0.15) is 5.82 Å². The van der Waals surface area contributed by atoms with E-state index in [1.807, 2.05) is 11.0 Å². The van der Waals surface area contributed by atoms with E-state index in [1.165, 1.54) is 6.07 Å². The molecule has 1 saturated heterocycles. The third kappa shape index (κ3) is 4.03. The first-order valence-corrected chi connectivity index (χ1v) is 7.66. The van der Waals surface area contributed by atoms with Crippen molar-refractivity contribution in [2.75, 3.05) is 20.3 Å². The molecular weight excluding hydrogens is 269 g/mol. The smallest absolute Gasteiger partial charge is 0.223 e. The number of benzene rings is 1. The summed E-state index contributed by atoms with van der Waals surface area (Å²) in [5.74, 6) is 0.329. The number of hydrogen-bond donors (Lipinski definition) is 0. The minimum atomic E-state index is -0.214. The van der Waals surface area contributed by atoms with Crippen LogP contribution in [-0.2, 0) is 9.53 Å². The summed E-state index contributed by atoms with van der Waals surface area (Å²) in [6, 6.07) is 6.68. The summed E-state index contributed by atoms with van der Waals surface area (Å²) in [4.78, 5) is 14.3. The highest BCUT2D eigenvalue weighted by atomic mass is 19.1.